The van der Waals surface area contributed by atoms with E-state index in [9.17, 15) is 14.0 Å². The number of aromatic carboxylic acids is 1. The molecule has 0 saturated carbocycles. The monoisotopic (exact) mass is 373 g/mol. The zero-order chi connectivity index (χ0) is 20.0. The van der Waals surface area contributed by atoms with Crippen LogP contribution in [0.5, 0.6) is 0 Å². The zero-order valence-electron chi connectivity index (χ0n) is 15.6. The lowest BCUT2D eigenvalue weighted by Crippen LogP contribution is -2.40. The molecule has 2 aromatic carbocycles. The summed E-state index contributed by atoms with van der Waals surface area (Å²) < 4.78 is 19.0. The van der Waals surface area contributed by atoms with Crippen LogP contribution in [0.2, 0.25) is 0 Å². The minimum atomic E-state index is -0.996. The lowest BCUT2D eigenvalue weighted by molar-refractivity contribution is -0.137. The van der Waals surface area contributed by atoms with E-state index in [1.807, 2.05) is 20.8 Å². The lowest BCUT2D eigenvalue weighted by atomic mass is 10.0. The van der Waals surface area contributed by atoms with Crippen LogP contribution in [-0.4, -0.2) is 23.1 Å². The van der Waals surface area contributed by atoms with Crippen LogP contribution in [0.3, 0.4) is 0 Å². The Kier molecular flexibility index (Phi) is 7.07. The van der Waals surface area contributed by atoms with Gasteiger partial charge in [0.2, 0.25) is 5.91 Å². The SMILES string of the molecule is CC(NC(=O)C(OCc1cccc(F)c1)C(C)C)c1ccc(C(=O)O)cc1. The molecule has 0 saturated heterocycles. The highest BCUT2D eigenvalue weighted by atomic mass is 19.1. The van der Waals surface area contributed by atoms with E-state index in [2.05, 4.69) is 5.32 Å². The van der Waals surface area contributed by atoms with E-state index in [1.165, 1.54) is 24.3 Å². The highest BCUT2D eigenvalue weighted by Crippen LogP contribution is 2.17. The molecule has 0 radical (unpaired) electrons. The van der Waals surface area contributed by atoms with Gasteiger partial charge in [-0.2, -0.15) is 0 Å². The number of carbonyl (C=O) groups is 2. The predicted octanol–water partition coefficient (Wildman–Crippen LogP) is 3.94. The molecule has 0 aliphatic heterocycles. The molecule has 2 rings (SSSR count). The summed E-state index contributed by atoms with van der Waals surface area (Å²) in [6.45, 7) is 5.71. The van der Waals surface area contributed by atoms with Crippen molar-refractivity contribution in [2.45, 2.75) is 39.5 Å². The van der Waals surface area contributed by atoms with Gasteiger partial charge in [-0.3, -0.25) is 4.79 Å². The van der Waals surface area contributed by atoms with Crippen molar-refractivity contribution in [2.24, 2.45) is 5.92 Å². The van der Waals surface area contributed by atoms with E-state index in [0.29, 0.717) is 5.56 Å². The number of carboxylic acid groups (broad SMARTS) is 1. The minimum absolute atomic E-state index is 0.0693. The fraction of sp³-hybridized carbons (Fsp3) is 0.333. The molecule has 1 amide bonds. The number of benzene rings is 2. The van der Waals surface area contributed by atoms with Crippen molar-refractivity contribution in [1.29, 1.82) is 0 Å². The third-order valence-electron chi connectivity index (χ3n) is 4.20. The molecule has 2 aromatic rings. The summed E-state index contributed by atoms with van der Waals surface area (Å²) >= 11 is 0. The molecule has 0 spiro atoms. The Bertz CT molecular complexity index is 789. The maximum atomic E-state index is 13.3. The summed E-state index contributed by atoms with van der Waals surface area (Å²) in [5, 5.41) is 11.8. The Morgan fingerprint density at radius 2 is 1.78 bits per heavy atom. The van der Waals surface area contributed by atoms with E-state index in [1.54, 1.807) is 24.3 Å². The first kappa shape index (κ1) is 20.6. The van der Waals surface area contributed by atoms with Gasteiger partial charge in [0.15, 0.2) is 0 Å². The van der Waals surface area contributed by atoms with Gasteiger partial charge in [0.1, 0.15) is 11.9 Å². The number of hydrogen-bond donors (Lipinski definition) is 2. The van der Waals surface area contributed by atoms with Gasteiger partial charge in [-0.1, -0.05) is 38.1 Å². The first-order valence-corrected chi connectivity index (χ1v) is 8.77. The summed E-state index contributed by atoms with van der Waals surface area (Å²) in [5.74, 6) is -1.68. The Balaban J connectivity index is 2.00. The summed E-state index contributed by atoms with van der Waals surface area (Å²) in [4.78, 5) is 23.6. The van der Waals surface area contributed by atoms with Crippen molar-refractivity contribution in [3.05, 3.63) is 71.0 Å². The second-order valence-corrected chi connectivity index (χ2v) is 6.76. The van der Waals surface area contributed by atoms with Crippen LogP contribution < -0.4 is 5.32 Å². The maximum absolute atomic E-state index is 13.3. The van der Waals surface area contributed by atoms with Crippen LogP contribution >= 0.6 is 0 Å². The molecular weight excluding hydrogens is 349 g/mol. The molecule has 0 aromatic heterocycles. The number of carbonyl (C=O) groups excluding carboxylic acids is 1. The Hall–Kier alpha value is -2.73. The van der Waals surface area contributed by atoms with Gasteiger partial charge in [-0.05, 0) is 48.2 Å². The number of carboxylic acids is 1. The molecule has 2 unspecified atom stereocenters. The van der Waals surface area contributed by atoms with Gasteiger partial charge in [0.05, 0.1) is 18.2 Å². The molecule has 5 nitrogen and oxygen atoms in total. The molecule has 0 heterocycles. The molecule has 2 N–H and O–H groups in total. The fourth-order valence-corrected chi connectivity index (χ4v) is 2.68. The number of nitrogens with one attached hydrogen (secondary N) is 1. The van der Waals surface area contributed by atoms with Gasteiger partial charge in [0, 0.05) is 0 Å². The van der Waals surface area contributed by atoms with Crippen molar-refractivity contribution in [1.82, 2.24) is 5.32 Å². The van der Waals surface area contributed by atoms with Crippen LogP contribution in [-0.2, 0) is 16.1 Å². The Morgan fingerprint density at radius 1 is 1.11 bits per heavy atom. The molecule has 0 fully saturated rings. The second-order valence-electron chi connectivity index (χ2n) is 6.76. The van der Waals surface area contributed by atoms with Crippen molar-refractivity contribution < 1.29 is 23.8 Å². The van der Waals surface area contributed by atoms with Crippen molar-refractivity contribution in [3.63, 3.8) is 0 Å². The number of ether oxygens (including phenoxy) is 1. The number of halogens is 1. The van der Waals surface area contributed by atoms with Crippen LogP contribution in [0.15, 0.2) is 48.5 Å². The molecular formula is C21H24FNO4. The molecule has 0 aliphatic rings. The van der Waals surface area contributed by atoms with Crippen molar-refractivity contribution in [2.75, 3.05) is 0 Å². The smallest absolute Gasteiger partial charge is 0.335 e. The predicted molar refractivity (Wildman–Crippen MR) is 99.8 cm³/mol. The number of amides is 1. The molecule has 0 bridgehead atoms. The van der Waals surface area contributed by atoms with Crippen LogP contribution in [0.25, 0.3) is 0 Å². The van der Waals surface area contributed by atoms with Gasteiger partial charge >= 0.3 is 5.97 Å². The van der Waals surface area contributed by atoms with E-state index < -0.39 is 12.1 Å². The van der Waals surface area contributed by atoms with Gasteiger partial charge in [-0.25, -0.2) is 9.18 Å². The van der Waals surface area contributed by atoms with Crippen LogP contribution in [0, 0.1) is 11.7 Å². The molecule has 2 atom stereocenters. The normalized spacial score (nSPS) is 13.2. The van der Waals surface area contributed by atoms with E-state index >= 15 is 0 Å². The first-order chi connectivity index (χ1) is 12.8. The summed E-state index contributed by atoms with van der Waals surface area (Å²) in [6, 6.07) is 12.1. The van der Waals surface area contributed by atoms with Gasteiger partial charge in [-0.15, -0.1) is 0 Å². The van der Waals surface area contributed by atoms with E-state index in [0.717, 1.165) is 5.56 Å². The second kappa shape index (κ2) is 9.28. The fourth-order valence-electron chi connectivity index (χ4n) is 2.68. The topological polar surface area (TPSA) is 75.6 Å². The molecule has 144 valence electrons. The van der Waals surface area contributed by atoms with Crippen LogP contribution in [0.1, 0.15) is 48.3 Å². The summed E-state index contributed by atoms with van der Waals surface area (Å²) in [7, 11) is 0. The number of rotatable bonds is 8. The van der Waals surface area contributed by atoms with E-state index in [-0.39, 0.29) is 35.9 Å². The van der Waals surface area contributed by atoms with Gasteiger partial charge in [0.25, 0.3) is 0 Å². The van der Waals surface area contributed by atoms with Crippen LogP contribution in [0.4, 0.5) is 4.39 Å². The van der Waals surface area contributed by atoms with Gasteiger partial charge < -0.3 is 15.2 Å². The standard InChI is InChI=1S/C21H24FNO4/c1-13(2)19(27-12-15-5-4-6-18(22)11-15)20(24)23-14(3)16-7-9-17(10-8-16)21(25)26/h4-11,13-14,19H,12H2,1-3H3,(H,23,24)(H,25,26). The maximum Gasteiger partial charge on any atom is 0.335 e. The Morgan fingerprint density at radius 3 is 2.33 bits per heavy atom. The largest absolute Gasteiger partial charge is 0.478 e. The average molecular weight is 373 g/mol. The Labute approximate surface area is 158 Å². The van der Waals surface area contributed by atoms with Crippen molar-refractivity contribution in [3.8, 4) is 0 Å². The lowest BCUT2D eigenvalue weighted by Gasteiger charge is -2.23. The van der Waals surface area contributed by atoms with E-state index in [4.69, 9.17) is 9.84 Å². The number of hydrogen-bond acceptors (Lipinski definition) is 3. The third kappa shape index (κ3) is 5.89. The summed E-state index contributed by atoms with van der Waals surface area (Å²) in [6.07, 6.45) is -0.686. The van der Waals surface area contributed by atoms with Crippen molar-refractivity contribution >= 4 is 11.9 Å². The first-order valence-electron chi connectivity index (χ1n) is 8.77. The summed E-state index contributed by atoms with van der Waals surface area (Å²) in [5.41, 5.74) is 1.64. The molecule has 0 aliphatic carbocycles. The zero-order valence-corrected chi connectivity index (χ0v) is 15.6. The average Bonchev–Trinajstić information content (AvgIpc) is 2.61. The quantitative estimate of drug-likeness (QED) is 0.735. The highest BCUT2D eigenvalue weighted by Gasteiger charge is 2.24. The molecule has 27 heavy (non-hydrogen) atoms. The highest BCUT2D eigenvalue weighted by molar-refractivity contribution is 5.87. The minimum Gasteiger partial charge on any atom is -0.478 e. The third-order valence-corrected chi connectivity index (χ3v) is 4.20. The molecule has 6 heteroatoms.